The number of methoxy groups -OCH3 is 2. The lowest BCUT2D eigenvalue weighted by atomic mass is 10.3. The third kappa shape index (κ3) is 4.86. The van der Waals surface area contributed by atoms with Gasteiger partial charge in [-0.3, -0.25) is 4.72 Å². The van der Waals surface area contributed by atoms with Gasteiger partial charge in [0.05, 0.1) is 31.3 Å². The van der Waals surface area contributed by atoms with Crippen LogP contribution in [0, 0.1) is 0 Å². The first-order valence-electron chi connectivity index (χ1n) is 8.10. The number of hydrogen-bond acceptors (Lipinski definition) is 7. The molecule has 0 aliphatic carbocycles. The third-order valence-corrected chi connectivity index (χ3v) is 6.31. The molecule has 0 amide bonds. The van der Waals surface area contributed by atoms with Crippen LogP contribution in [-0.2, 0) is 16.6 Å². The van der Waals surface area contributed by atoms with E-state index < -0.39 is 10.0 Å². The van der Waals surface area contributed by atoms with Crippen LogP contribution in [0.2, 0.25) is 4.47 Å². The molecular formula is C18H18ClN3O4S2. The largest absolute Gasteiger partial charge is 0.497 e. The van der Waals surface area contributed by atoms with Crippen LogP contribution in [0.1, 0.15) is 4.88 Å². The molecule has 3 rings (SSSR count). The van der Waals surface area contributed by atoms with Crippen molar-refractivity contribution in [3.63, 3.8) is 0 Å². The molecule has 1 aromatic heterocycles. The Morgan fingerprint density at radius 2 is 1.86 bits per heavy atom. The first-order valence-corrected chi connectivity index (χ1v) is 10.8. The molecule has 0 radical (unpaired) electrons. The van der Waals surface area contributed by atoms with Crippen molar-refractivity contribution in [2.75, 3.05) is 24.3 Å². The second-order valence-electron chi connectivity index (χ2n) is 5.63. The van der Waals surface area contributed by atoms with Gasteiger partial charge in [-0.05, 0) is 36.4 Å². The second kappa shape index (κ2) is 8.68. The van der Waals surface area contributed by atoms with Crippen LogP contribution in [0.15, 0.2) is 53.6 Å². The van der Waals surface area contributed by atoms with Crippen LogP contribution < -0.4 is 19.5 Å². The van der Waals surface area contributed by atoms with Crippen molar-refractivity contribution in [2.24, 2.45) is 0 Å². The molecular weight excluding hydrogens is 422 g/mol. The Kier molecular flexibility index (Phi) is 6.28. The van der Waals surface area contributed by atoms with E-state index in [1.54, 1.807) is 36.5 Å². The highest BCUT2D eigenvalue weighted by Gasteiger charge is 2.17. The highest BCUT2D eigenvalue weighted by atomic mass is 35.5. The number of anilines is 2. The fraction of sp³-hybridized carbons (Fsp3) is 0.167. The summed E-state index contributed by atoms with van der Waals surface area (Å²) in [7, 11) is -0.783. The summed E-state index contributed by atoms with van der Waals surface area (Å²) in [5.74, 6) is 0.932. The van der Waals surface area contributed by atoms with E-state index in [-0.39, 0.29) is 4.90 Å². The summed E-state index contributed by atoms with van der Waals surface area (Å²) < 4.78 is 38.7. The Hall–Kier alpha value is -2.49. The highest BCUT2D eigenvalue weighted by Crippen LogP contribution is 2.31. The highest BCUT2D eigenvalue weighted by molar-refractivity contribution is 7.92. The first-order chi connectivity index (χ1) is 13.4. The van der Waals surface area contributed by atoms with E-state index in [4.69, 9.17) is 21.1 Å². The van der Waals surface area contributed by atoms with E-state index in [2.05, 4.69) is 15.0 Å². The molecule has 0 unspecified atom stereocenters. The van der Waals surface area contributed by atoms with Gasteiger partial charge >= 0.3 is 0 Å². The molecule has 0 atom stereocenters. The Labute approximate surface area is 172 Å². The molecule has 7 nitrogen and oxygen atoms in total. The molecule has 2 N–H and O–H groups in total. The SMILES string of the molecule is COc1ccc(NS(=O)(=O)c2ccc(NCc3cnc(Cl)s3)cc2)c(OC)c1. The zero-order valence-corrected chi connectivity index (χ0v) is 17.5. The summed E-state index contributed by atoms with van der Waals surface area (Å²) >= 11 is 7.20. The maximum Gasteiger partial charge on any atom is 0.262 e. The van der Waals surface area contributed by atoms with Gasteiger partial charge < -0.3 is 14.8 Å². The number of benzene rings is 2. The number of rotatable bonds is 8. The van der Waals surface area contributed by atoms with Crippen LogP contribution in [0.5, 0.6) is 11.5 Å². The minimum absolute atomic E-state index is 0.136. The number of halogens is 1. The van der Waals surface area contributed by atoms with E-state index in [1.807, 2.05) is 0 Å². The standard InChI is InChI=1S/C18H18ClN3O4S2/c1-25-13-5-8-16(17(9-13)26-2)22-28(23,24)15-6-3-12(4-7-15)20-10-14-11-21-18(19)27-14/h3-9,11,20,22H,10H2,1-2H3. The molecule has 3 aromatic rings. The molecule has 0 fully saturated rings. The minimum atomic E-state index is -3.77. The maximum atomic E-state index is 12.7. The average molecular weight is 440 g/mol. The molecule has 10 heteroatoms. The number of thiazole rings is 1. The predicted molar refractivity (Wildman–Crippen MR) is 111 cm³/mol. The lowest BCUT2D eigenvalue weighted by Crippen LogP contribution is -2.13. The predicted octanol–water partition coefficient (Wildman–Crippen LogP) is 4.23. The number of ether oxygens (including phenoxy) is 2. The zero-order chi connectivity index (χ0) is 20.1. The molecule has 0 aliphatic rings. The molecule has 148 valence electrons. The molecule has 0 saturated carbocycles. The number of nitrogens with zero attached hydrogens (tertiary/aromatic N) is 1. The molecule has 2 aromatic carbocycles. The number of aromatic nitrogens is 1. The summed E-state index contributed by atoms with van der Waals surface area (Å²) in [6.07, 6.45) is 1.70. The van der Waals surface area contributed by atoms with E-state index in [0.717, 1.165) is 10.6 Å². The summed E-state index contributed by atoms with van der Waals surface area (Å²) in [5.41, 5.74) is 1.11. The molecule has 0 aliphatic heterocycles. The second-order valence-corrected chi connectivity index (χ2v) is 9.01. The normalized spacial score (nSPS) is 11.1. The van der Waals surface area contributed by atoms with Gasteiger partial charge in [0.15, 0.2) is 4.47 Å². The van der Waals surface area contributed by atoms with Crippen LogP contribution in [0.25, 0.3) is 0 Å². The quantitative estimate of drug-likeness (QED) is 0.546. The fourth-order valence-corrected chi connectivity index (χ4v) is 4.38. The molecule has 0 bridgehead atoms. The fourth-order valence-electron chi connectivity index (χ4n) is 2.39. The van der Waals surface area contributed by atoms with Crippen LogP contribution in [0.3, 0.4) is 0 Å². The Morgan fingerprint density at radius 3 is 2.46 bits per heavy atom. The minimum Gasteiger partial charge on any atom is -0.497 e. The Morgan fingerprint density at radius 1 is 1.11 bits per heavy atom. The van der Waals surface area contributed by atoms with Gasteiger partial charge in [-0.2, -0.15) is 0 Å². The zero-order valence-electron chi connectivity index (χ0n) is 15.1. The molecule has 1 heterocycles. The van der Waals surface area contributed by atoms with Crippen molar-refractivity contribution in [1.29, 1.82) is 0 Å². The Balaban J connectivity index is 1.71. The molecule has 0 saturated heterocycles. The van der Waals surface area contributed by atoms with Crippen molar-refractivity contribution in [3.05, 3.63) is 58.0 Å². The van der Waals surface area contributed by atoms with Crippen molar-refractivity contribution >= 4 is 44.3 Å². The van der Waals surface area contributed by atoms with E-state index in [9.17, 15) is 8.42 Å². The Bertz CT molecular complexity index is 1050. The number of hydrogen-bond donors (Lipinski definition) is 2. The van der Waals surface area contributed by atoms with Crippen molar-refractivity contribution in [3.8, 4) is 11.5 Å². The van der Waals surface area contributed by atoms with Gasteiger partial charge in [-0.25, -0.2) is 13.4 Å². The summed E-state index contributed by atoms with van der Waals surface area (Å²) in [6, 6.07) is 11.3. The van der Waals surface area contributed by atoms with Gasteiger partial charge in [-0.15, -0.1) is 11.3 Å². The van der Waals surface area contributed by atoms with Gasteiger partial charge in [-0.1, -0.05) is 11.6 Å². The topological polar surface area (TPSA) is 89.5 Å². The van der Waals surface area contributed by atoms with Gasteiger partial charge in [0.25, 0.3) is 10.0 Å². The monoisotopic (exact) mass is 439 g/mol. The van der Waals surface area contributed by atoms with E-state index in [0.29, 0.717) is 28.2 Å². The lowest BCUT2D eigenvalue weighted by molar-refractivity contribution is 0.395. The van der Waals surface area contributed by atoms with Crippen molar-refractivity contribution < 1.29 is 17.9 Å². The van der Waals surface area contributed by atoms with Crippen LogP contribution in [0.4, 0.5) is 11.4 Å². The van der Waals surface area contributed by atoms with Gasteiger partial charge in [0.1, 0.15) is 11.5 Å². The van der Waals surface area contributed by atoms with Gasteiger partial charge in [0, 0.05) is 22.8 Å². The summed E-state index contributed by atoms with van der Waals surface area (Å²) in [4.78, 5) is 5.10. The summed E-state index contributed by atoms with van der Waals surface area (Å²) in [5, 5.41) is 3.20. The summed E-state index contributed by atoms with van der Waals surface area (Å²) in [6.45, 7) is 0.553. The van der Waals surface area contributed by atoms with Crippen LogP contribution >= 0.6 is 22.9 Å². The maximum absolute atomic E-state index is 12.7. The molecule has 28 heavy (non-hydrogen) atoms. The smallest absolute Gasteiger partial charge is 0.262 e. The third-order valence-electron chi connectivity index (χ3n) is 3.81. The van der Waals surface area contributed by atoms with Crippen molar-refractivity contribution in [2.45, 2.75) is 11.4 Å². The number of nitrogens with one attached hydrogen (secondary N) is 2. The molecule has 0 spiro atoms. The average Bonchev–Trinajstić information content (AvgIpc) is 3.12. The first kappa shape index (κ1) is 20.2. The lowest BCUT2D eigenvalue weighted by Gasteiger charge is -2.13. The van der Waals surface area contributed by atoms with Gasteiger partial charge in [0.2, 0.25) is 0 Å². The van der Waals surface area contributed by atoms with E-state index >= 15 is 0 Å². The van der Waals surface area contributed by atoms with Crippen molar-refractivity contribution in [1.82, 2.24) is 4.98 Å². The van der Waals surface area contributed by atoms with E-state index in [1.165, 1.54) is 37.7 Å². The van der Waals surface area contributed by atoms with Crippen LogP contribution in [-0.4, -0.2) is 27.6 Å². The number of sulfonamides is 1.